The van der Waals surface area contributed by atoms with Gasteiger partial charge in [0.15, 0.2) is 11.5 Å². The topological polar surface area (TPSA) is 55.5 Å². The number of alkyl halides is 2. The highest BCUT2D eigenvalue weighted by molar-refractivity contribution is 5.42. The van der Waals surface area contributed by atoms with Gasteiger partial charge in [0.05, 0.1) is 12.6 Å². The average Bonchev–Trinajstić information content (AvgIpc) is 2.17. The van der Waals surface area contributed by atoms with Crippen molar-refractivity contribution < 1.29 is 18.6 Å². The Morgan fingerprint density at radius 2 is 2.12 bits per heavy atom. The number of nitrogens with two attached hydrogens (primary N) is 1. The smallest absolute Gasteiger partial charge is 0.256 e. The number of ether oxygens (including phenoxy) is 1. The van der Waals surface area contributed by atoms with Crippen molar-refractivity contribution >= 4 is 0 Å². The van der Waals surface area contributed by atoms with E-state index < -0.39 is 12.0 Å². The van der Waals surface area contributed by atoms with Crippen LogP contribution >= 0.6 is 0 Å². The molecular weight excluding hydrogens is 216 g/mol. The van der Waals surface area contributed by atoms with Crippen LogP contribution in [0.15, 0.2) is 18.2 Å². The van der Waals surface area contributed by atoms with Crippen LogP contribution in [0.4, 0.5) is 8.78 Å². The van der Waals surface area contributed by atoms with Gasteiger partial charge in [0.25, 0.3) is 6.43 Å². The third-order valence-corrected chi connectivity index (χ3v) is 2.33. The van der Waals surface area contributed by atoms with Gasteiger partial charge < -0.3 is 15.6 Å². The van der Waals surface area contributed by atoms with Crippen LogP contribution in [0.3, 0.4) is 0 Å². The zero-order valence-corrected chi connectivity index (χ0v) is 9.21. The molecule has 0 amide bonds. The average molecular weight is 231 g/mol. The van der Waals surface area contributed by atoms with E-state index in [1.54, 1.807) is 6.07 Å². The number of methoxy groups -OCH3 is 1. The highest BCUT2D eigenvalue weighted by Crippen LogP contribution is 2.28. The molecule has 5 heteroatoms. The normalized spacial score (nSPS) is 14.9. The summed E-state index contributed by atoms with van der Waals surface area (Å²) in [6.45, 7) is 1.28. The van der Waals surface area contributed by atoms with Crippen molar-refractivity contribution in [3.8, 4) is 11.5 Å². The van der Waals surface area contributed by atoms with Gasteiger partial charge in [-0.15, -0.1) is 0 Å². The minimum Gasteiger partial charge on any atom is -0.504 e. The molecule has 0 radical (unpaired) electrons. The number of aromatic hydroxyl groups is 1. The van der Waals surface area contributed by atoms with Crippen LogP contribution < -0.4 is 10.5 Å². The zero-order chi connectivity index (χ0) is 12.3. The molecule has 1 aromatic rings. The second-order valence-corrected chi connectivity index (χ2v) is 3.99. The van der Waals surface area contributed by atoms with E-state index in [1.165, 1.54) is 26.2 Å². The van der Waals surface area contributed by atoms with E-state index in [0.29, 0.717) is 11.3 Å². The lowest BCUT2D eigenvalue weighted by molar-refractivity contribution is 0.0639. The molecule has 1 aromatic carbocycles. The van der Waals surface area contributed by atoms with E-state index in [0.717, 1.165) is 0 Å². The predicted octanol–water partition coefficient (Wildman–Crippen LogP) is 1.93. The second kappa shape index (κ2) is 4.65. The van der Waals surface area contributed by atoms with Crippen molar-refractivity contribution in [3.63, 3.8) is 0 Å². The molecule has 1 unspecified atom stereocenters. The largest absolute Gasteiger partial charge is 0.504 e. The molecule has 0 fully saturated rings. The molecule has 16 heavy (non-hydrogen) atoms. The van der Waals surface area contributed by atoms with Gasteiger partial charge in [0, 0.05) is 0 Å². The molecule has 0 aliphatic rings. The Hall–Kier alpha value is -1.36. The summed E-state index contributed by atoms with van der Waals surface area (Å²) < 4.78 is 29.9. The van der Waals surface area contributed by atoms with E-state index in [1.807, 2.05) is 0 Å². The maximum atomic E-state index is 12.5. The summed E-state index contributed by atoms with van der Waals surface area (Å²) in [6.07, 6.45) is -2.63. The molecule has 0 bridgehead atoms. The third-order valence-electron chi connectivity index (χ3n) is 2.33. The molecule has 0 heterocycles. The van der Waals surface area contributed by atoms with Gasteiger partial charge in [-0.05, 0) is 31.0 Å². The molecule has 3 N–H and O–H groups in total. The van der Waals surface area contributed by atoms with E-state index in [9.17, 15) is 13.9 Å². The Bertz CT molecular complexity index is 367. The Morgan fingerprint density at radius 1 is 1.50 bits per heavy atom. The van der Waals surface area contributed by atoms with Gasteiger partial charge in [0.2, 0.25) is 0 Å². The number of rotatable bonds is 4. The molecule has 90 valence electrons. The zero-order valence-electron chi connectivity index (χ0n) is 9.21. The number of halogens is 2. The van der Waals surface area contributed by atoms with E-state index in [-0.39, 0.29) is 12.2 Å². The molecule has 0 aromatic heterocycles. The quantitative estimate of drug-likeness (QED) is 0.832. The van der Waals surface area contributed by atoms with Crippen molar-refractivity contribution in [2.24, 2.45) is 5.73 Å². The molecule has 3 nitrogen and oxygen atoms in total. The summed E-state index contributed by atoms with van der Waals surface area (Å²) in [5.74, 6) is 0.226. The highest BCUT2D eigenvalue weighted by atomic mass is 19.3. The summed E-state index contributed by atoms with van der Waals surface area (Å²) >= 11 is 0. The summed E-state index contributed by atoms with van der Waals surface area (Å²) in [5.41, 5.74) is 4.40. The molecular formula is C11H15F2NO2. The Morgan fingerprint density at radius 3 is 2.56 bits per heavy atom. The first-order valence-electron chi connectivity index (χ1n) is 4.79. The molecule has 0 saturated carbocycles. The standard InChI is InChI=1S/C11H15F2NO2/c1-11(14,10(12)13)6-7-3-4-9(16-2)8(15)5-7/h3-5,10,15H,6,14H2,1-2H3. The van der Waals surface area contributed by atoms with E-state index >= 15 is 0 Å². The van der Waals surface area contributed by atoms with Crippen molar-refractivity contribution in [1.29, 1.82) is 0 Å². The first-order chi connectivity index (χ1) is 7.36. The number of benzene rings is 1. The van der Waals surface area contributed by atoms with E-state index in [2.05, 4.69) is 0 Å². The van der Waals surface area contributed by atoms with Gasteiger partial charge in [0.1, 0.15) is 0 Å². The monoisotopic (exact) mass is 231 g/mol. The third kappa shape index (κ3) is 2.82. The molecule has 0 aliphatic heterocycles. The maximum absolute atomic E-state index is 12.5. The van der Waals surface area contributed by atoms with Gasteiger partial charge in [-0.2, -0.15) is 0 Å². The predicted molar refractivity (Wildman–Crippen MR) is 57.0 cm³/mol. The minimum atomic E-state index is -2.61. The number of hydrogen-bond donors (Lipinski definition) is 2. The number of hydrogen-bond acceptors (Lipinski definition) is 3. The van der Waals surface area contributed by atoms with Crippen molar-refractivity contribution in [3.05, 3.63) is 23.8 Å². The van der Waals surface area contributed by atoms with Gasteiger partial charge in [-0.25, -0.2) is 8.78 Å². The summed E-state index contributed by atoms with van der Waals surface area (Å²) in [5, 5.41) is 9.47. The van der Waals surface area contributed by atoms with Gasteiger partial charge in [-0.3, -0.25) is 0 Å². The lowest BCUT2D eigenvalue weighted by atomic mass is 9.94. The van der Waals surface area contributed by atoms with Crippen LogP contribution in [-0.2, 0) is 6.42 Å². The lowest BCUT2D eigenvalue weighted by Crippen LogP contribution is -2.45. The fourth-order valence-corrected chi connectivity index (χ4v) is 1.36. The fourth-order valence-electron chi connectivity index (χ4n) is 1.36. The van der Waals surface area contributed by atoms with Crippen LogP contribution in [0.25, 0.3) is 0 Å². The number of phenolic OH excluding ortho intramolecular Hbond substituents is 1. The lowest BCUT2D eigenvalue weighted by Gasteiger charge is -2.23. The fraction of sp³-hybridized carbons (Fsp3) is 0.455. The highest BCUT2D eigenvalue weighted by Gasteiger charge is 2.30. The van der Waals surface area contributed by atoms with Gasteiger partial charge in [-0.1, -0.05) is 6.07 Å². The molecule has 0 spiro atoms. The second-order valence-electron chi connectivity index (χ2n) is 3.99. The molecule has 0 saturated heterocycles. The van der Waals surface area contributed by atoms with Gasteiger partial charge >= 0.3 is 0 Å². The SMILES string of the molecule is COc1ccc(CC(C)(N)C(F)F)cc1O. The van der Waals surface area contributed by atoms with E-state index in [4.69, 9.17) is 10.5 Å². The molecule has 1 rings (SSSR count). The van der Waals surface area contributed by atoms with Crippen LogP contribution in [0, 0.1) is 0 Å². The Balaban J connectivity index is 2.87. The molecule has 1 atom stereocenters. The summed E-state index contributed by atoms with van der Waals surface area (Å²) in [4.78, 5) is 0. The van der Waals surface area contributed by atoms with Crippen molar-refractivity contribution in [2.75, 3.05) is 7.11 Å². The minimum absolute atomic E-state index is 0.0117. The Kier molecular flexibility index (Phi) is 3.70. The summed E-state index contributed by atoms with van der Waals surface area (Å²) in [6, 6.07) is 4.50. The first kappa shape index (κ1) is 12.7. The Labute approximate surface area is 92.8 Å². The first-order valence-corrected chi connectivity index (χ1v) is 4.79. The van der Waals surface area contributed by atoms with Crippen LogP contribution in [0.1, 0.15) is 12.5 Å². The number of phenols is 1. The van der Waals surface area contributed by atoms with Crippen LogP contribution in [0.2, 0.25) is 0 Å². The maximum Gasteiger partial charge on any atom is 0.256 e. The summed E-state index contributed by atoms with van der Waals surface area (Å²) in [7, 11) is 1.42. The molecule has 0 aliphatic carbocycles. The van der Waals surface area contributed by atoms with Crippen LogP contribution in [-0.4, -0.2) is 24.2 Å². The van der Waals surface area contributed by atoms with Crippen LogP contribution in [0.5, 0.6) is 11.5 Å². The van der Waals surface area contributed by atoms with Crippen molar-refractivity contribution in [1.82, 2.24) is 0 Å². The van der Waals surface area contributed by atoms with Crippen molar-refractivity contribution in [2.45, 2.75) is 25.3 Å².